The van der Waals surface area contributed by atoms with E-state index >= 15 is 0 Å². The number of carbonyl (C=O) groups is 3. The molecule has 0 aromatic heterocycles. The number of Topliss-reactive ketones (excluding diaryl/α,β-unsaturated/α-hetero) is 1. The van der Waals surface area contributed by atoms with Crippen molar-refractivity contribution in [2.24, 2.45) is 34.5 Å². The van der Waals surface area contributed by atoms with Crippen LogP contribution in [0.2, 0.25) is 0 Å². The zero-order valence-corrected chi connectivity index (χ0v) is 20.5. The fourth-order valence-corrected chi connectivity index (χ4v) is 8.40. The quantitative estimate of drug-likeness (QED) is 0.278. The summed E-state index contributed by atoms with van der Waals surface area (Å²) < 4.78 is 10.6. The summed E-state index contributed by atoms with van der Waals surface area (Å²) in [5.41, 5.74) is -0.421. The molecule has 0 aliphatic heterocycles. The third-order valence-corrected chi connectivity index (χ3v) is 9.90. The number of ether oxygens (including phenoxy) is 2. The second-order valence-corrected chi connectivity index (χ2v) is 11.4. The minimum Gasteiger partial charge on any atom is -0.462 e. The first-order valence-corrected chi connectivity index (χ1v) is 12.4. The summed E-state index contributed by atoms with van der Waals surface area (Å²) in [6, 6.07) is 0. The van der Waals surface area contributed by atoms with E-state index in [4.69, 9.17) is 14.4 Å². The van der Waals surface area contributed by atoms with Gasteiger partial charge in [0.25, 0.3) is 0 Å². The van der Waals surface area contributed by atoms with E-state index in [-0.39, 0.29) is 41.7 Å². The van der Waals surface area contributed by atoms with Gasteiger partial charge >= 0.3 is 11.9 Å². The van der Waals surface area contributed by atoms with E-state index in [0.29, 0.717) is 11.8 Å². The largest absolute Gasteiger partial charge is 0.462 e. The Labute approximate surface area is 196 Å². The fourth-order valence-electron chi connectivity index (χ4n) is 8.40. The molecule has 4 aliphatic carbocycles. The van der Waals surface area contributed by atoms with Gasteiger partial charge in [0.1, 0.15) is 6.10 Å². The second kappa shape index (κ2) is 8.49. The Bertz CT molecular complexity index is 865. The van der Waals surface area contributed by atoms with Gasteiger partial charge in [-0.15, -0.1) is 0 Å². The van der Waals surface area contributed by atoms with Crippen LogP contribution in [-0.4, -0.2) is 41.3 Å². The Hall–Kier alpha value is -1.73. The molecule has 7 heteroatoms. The smallest absolute Gasteiger partial charge is 0.303 e. The number of hydrogen-bond donors (Lipinski definition) is 1. The van der Waals surface area contributed by atoms with Crippen molar-refractivity contribution in [1.82, 2.24) is 0 Å². The van der Waals surface area contributed by atoms with Crippen LogP contribution in [-0.2, 0) is 28.7 Å². The van der Waals surface area contributed by atoms with Crippen molar-refractivity contribution >= 4 is 17.7 Å². The number of allylic oxidation sites excluding steroid dienone is 1. The zero-order chi connectivity index (χ0) is 24.2. The normalized spacial score (nSPS) is 44.1. The minimum absolute atomic E-state index is 0.0342. The molecule has 0 unspecified atom stereocenters. The molecule has 0 spiro atoms. The first-order chi connectivity index (χ1) is 15.5. The standard InChI is InChI=1S/C26H38O7/c1-15-12-22-20-7-6-18-13-19(32-17(3)28)8-10-24(18,4)21(20)9-11-25(22,5)26(15,33-30)23(29)14-31-16(2)27/h6,15,19-22,30H,7-14H2,1-5H3/t15-,19+,20-,21+,22+,24+,25+,26+/m1/s1. The maximum absolute atomic E-state index is 13.3. The second-order valence-electron chi connectivity index (χ2n) is 11.4. The van der Waals surface area contributed by atoms with Crippen LogP contribution in [0.15, 0.2) is 11.6 Å². The summed E-state index contributed by atoms with van der Waals surface area (Å²) in [4.78, 5) is 41.3. The van der Waals surface area contributed by atoms with Crippen LogP contribution < -0.4 is 0 Å². The summed E-state index contributed by atoms with van der Waals surface area (Å²) in [5, 5.41) is 10.1. The molecule has 0 amide bonds. The lowest BCUT2D eigenvalue weighted by Crippen LogP contribution is -2.60. The molecule has 0 heterocycles. The molecule has 4 aliphatic rings. The molecule has 0 radical (unpaired) electrons. The van der Waals surface area contributed by atoms with Crippen molar-refractivity contribution < 1.29 is 34.0 Å². The Kier molecular flexibility index (Phi) is 6.28. The molecule has 184 valence electrons. The van der Waals surface area contributed by atoms with Gasteiger partial charge in [-0.05, 0) is 67.6 Å². The molecular formula is C26H38O7. The van der Waals surface area contributed by atoms with Crippen molar-refractivity contribution in [3.63, 3.8) is 0 Å². The number of carbonyl (C=O) groups excluding carboxylic acids is 3. The Balaban J connectivity index is 1.62. The van der Waals surface area contributed by atoms with Gasteiger partial charge in [0.05, 0.1) is 0 Å². The van der Waals surface area contributed by atoms with Crippen LogP contribution in [0.5, 0.6) is 0 Å². The van der Waals surface area contributed by atoms with E-state index in [2.05, 4.69) is 19.9 Å². The topological polar surface area (TPSA) is 99.1 Å². The highest BCUT2D eigenvalue weighted by molar-refractivity contribution is 5.91. The number of ketones is 1. The third-order valence-electron chi connectivity index (χ3n) is 9.90. The van der Waals surface area contributed by atoms with Gasteiger partial charge in [-0.2, -0.15) is 0 Å². The molecular weight excluding hydrogens is 424 g/mol. The predicted molar refractivity (Wildman–Crippen MR) is 120 cm³/mol. The summed E-state index contributed by atoms with van der Waals surface area (Å²) >= 11 is 0. The van der Waals surface area contributed by atoms with E-state index < -0.39 is 17.0 Å². The van der Waals surface area contributed by atoms with Crippen molar-refractivity contribution in [1.29, 1.82) is 0 Å². The van der Waals surface area contributed by atoms with Gasteiger partial charge in [-0.3, -0.25) is 19.6 Å². The molecule has 0 aromatic carbocycles. The summed E-state index contributed by atoms with van der Waals surface area (Å²) in [7, 11) is 0. The molecule has 1 N–H and O–H groups in total. The van der Waals surface area contributed by atoms with Gasteiger partial charge in [0.2, 0.25) is 5.78 Å². The first kappa shape index (κ1) is 24.4. The lowest BCUT2D eigenvalue weighted by Gasteiger charge is -2.59. The highest BCUT2D eigenvalue weighted by Gasteiger charge is 2.70. The zero-order valence-electron chi connectivity index (χ0n) is 20.5. The van der Waals surface area contributed by atoms with Gasteiger partial charge in [-0.1, -0.05) is 32.4 Å². The lowest BCUT2D eigenvalue weighted by atomic mass is 9.46. The number of rotatable bonds is 5. The van der Waals surface area contributed by atoms with E-state index in [1.54, 1.807) is 0 Å². The maximum atomic E-state index is 13.3. The van der Waals surface area contributed by atoms with Crippen LogP contribution in [0.25, 0.3) is 0 Å². The molecule has 33 heavy (non-hydrogen) atoms. The summed E-state index contributed by atoms with van der Waals surface area (Å²) in [5.74, 6) is -0.170. The number of esters is 2. The number of fused-ring (bicyclic) bond motifs is 5. The van der Waals surface area contributed by atoms with Gasteiger partial charge in [0.15, 0.2) is 12.2 Å². The molecule has 4 rings (SSSR count). The third kappa shape index (κ3) is 3.57. The van der Waals surface area contributed by atoms with E-state index in [1.165, 1.54) is 19.4 Å². The van der Waals surface area contributed by atoms with Gasteiger partial charge in [-0.25, -0.2) is 4.89 Å². The van der Waals surface area contributed by atoms with E-state index in [0.717, 1.165) is 44.9 Å². The molecule has 0 saturated heterocycles. The highest BCUT2D eigenvalue weighted by atomic mass is 17.1. The SMILES string of the molecule is CC(=O)OCC(=O)[C@@]1(OO)[C@H](C)C[C@H]2[C@@H]3CC=C4C[C@@H](OC(C)=O)CC[C@]4(C)[C@H]3CC[C@@]21C. The van der Waals surface area contributed by atoms with Crippen LogP contribution >= 0.6 is 0 Å². The molecule has 0 bridgehead atoms. The average Bonchev–Trinajstić information content (AvgIpc) is 2.98. The Morgan fingerprint density at radius 1 is 1.09 bits per heavy atom. The predicted octanol–water partition coefficient (Wildman–Crippen LogP) is 4.49. The minimum atomic E-state index is -1.37. The van der Waals surface area contributed by atoms with Gasteiger partial charge in [0, 0.05) is 25.7 Å². The molecule has 7 nitrogen and oxygen atoms in total. The summed E-state index contributed by atoms with van der Waals surface area (Å²) in [6.45, 7) is 8.78. The van der Waals surface area contributed by atoms with Crippen LogP contribution in [0.1, 0.15) is 79.6 Å². The first-order valence-electron chi connectivity index (χ1n) is 12.4. The molecule has 8 atom stereocenters. The van der Waals surface area contributed by atoms with Crippen molar-refractivity contribution in [3.8, 4) is 0 Å². The number of hydrogen-bond acceptors (Lipinski definition) is 7. The van der Waals surface area contributed by atoms with Crippen LogP contribution in [0.3, 0.4) is 0 Å². The highest BCUT2D eigenvalue weighted by Crippen LogP contribution is 2.69. The Morgan fingerprint density at radius 2 is 1.82 bits per heavy atom. The van der Waals surface area contributed by atoms with Crippen LogP contribution in [0.4, 0.5) is 0 Å². The van der Waals surface area contributed by atoms with Gasteiger partial charge < -0.3 is 9.47 Å². The van der Waals surface area contributed by atoms with Crippen molar-refractivity contribution in [2.75, 3.05) is 6.61 Å². The Morgan fingerprint density at radius 3 is 2.45 bits per heavy atom. The van der Waals surface area contributed by atoms with E-state index in [9.17, 15) is 19.6 Å². The van der Waals surface area contributed by atoms with Crippen molar-refractivity contribution in [2.45, 2.75) is 91.3 Å². The summed E-state index contributed by atoms with van der Waals surface area (Å²) in [6.07, 6.45) is 8.43. The molecule has 0 aromatic rings. The van der Waals surface area contributed by atoms with E-state index in [1.807, 2.05) is 6.92 Å². The monoisotopic (exact) mass is 462 g/mol. The molecule has 3 fully saturated rings. The van der Waals surface area contributed by atoms with Crippen LogP contribution in [0, 0.1) is 34.5 Å². The molecule has 3 saturated carbocycles. The average molecular weight is 463 g/mol. The lowest BCUT2D eigenvalue weighted by molar-refractivity contribution is -0.348. The van der Waals surface area contributed by atoms with Crippen molar-refractivity contribution in [3.05, 3.63) is 11.6 Å². The fraction of sp³-hybridized carbons (Fsp3) is 0.808. The maximum Gasteiger partial charge on any atom is 0.303 e.